The average molecular weight is 955 g/mol. The number of sulfone groups is 1. The maximum atomic E-state index is 13.5. The van der Waals surface area contributed by atoms with Crippen LogP contribution in [0.25, 0.3) is 0 Å². The van der Waals surface area contributed by atoms with E-state index in [1.807, 2.05) is 4.90 Å². The highest BCUT2D eigenvalue weighted by Crippen LogP contribution is 2.48. The number of ether oxygens (including phenoxy) is 7. The summed E-state index contributed by atoms with van der Waals surface area (Å²) in [6, 6.07) is -1.13. The van der Waals surface area contributed by atoms with E-state index < -0.39 is 116 Å². The first-order valence-corrected chi connectivity index (χ1v) is 23.7. The first-order valence-electron chi connectivity index (χ1n) is 19.1. The van der Waals surface area contributed by atoms with E-state index in [1.165, 1.54) is 17.9 Å². The van der Waals surface area contributed by atoms with Gasteiger partial charge in [-0.3, -0.25) is 24.1 Å². The van der Waals surface area contributed by atoms with Gasteiger partial charge in [-0.1, -0.05) is 11.8 Å². The number of sulfonamides is 1. The number of rotatable bonds is 19. The van der Waals surface area contributed by atoms with Gasteiger partial charge in [0.15, 0.2) is 29.2 Å². The quantitative estimate of drug-likeness (QED) is 0.114. The monoisotopic (exact) mass is 954 g/mol. The second-order valence-electron chi connectivity index (χ2n) is 14.8. The predicted molar refractivity (Wildman–Crippen MR) is 219 cm³/mol. The summed E-state index contributed by atoms with van der Waals surface area (Å²) in [5, 5.41) is 4.43. The Labute approximate surface area is 366 Å². The van der Waals surface area contributed by atoms with Crippen LogP contribution >= 0.6 is 23.5 Å². The molecule has 0 unspecified atom stereocenters. The number of carbonyl (C=O) groups is 6. The first kappa shape index (κ1) is 50.1. The van der Waals surface area contributed by atoms with Gasteiger partial charge in [0.1, 0.15) is 15.1 Å². The van der Waals surface area contributed by atoms with Crippen LogP contribution in [0, 0.1) is 0 Å². The Balaban J connectivity index is 1.29. The molecule has 3 atom stereocenters. The molecule has 27 heteroatoms. The third-order valence-corrected chi connectivity index (χ3v) is 15.1. The molecule has 62 heavy (non-hydrogen) atoms. The van der Waals surface area contributed by atoms with Gasteiger partial charge in [-0.15, -0.1) is 4.37 Å². The lowest BCUT2D eigenvalue weighted by Crippen LogP contribution is -2.52. The second kappa shape index (κ2) is 21.7. The molecule has 0 aliphatic carbocycles. The summed E-state index contributed by atoms with van der Waals surface area (Å²) in [6.07, 6.45) is -2.05. The van der Waals surface area contributed by atoms with Crippen molar-refractivity contribution in [3.8, 4) is 5.88 Å². The van der Waals surface area contributed by atoms with Crippen LogP contribution in [0.3, 0.4) is 0 Å². The first-order chi connectivity index (χ1) is 29.0. The van der Waals surface area contributed by atoms with Crippen molar-refractivity contribution in [3.05, 3.63) is 20.1 Å². The number of morpholine rings is 1. The van der Waals surface area contributed by atoms with Gasteiger partial charge in [-0.25, -0.2) is 31.6 Å². The molecule has 346 valence electrons. The zero-order valence-corrected chi connectivity index (χ0v) is 38.2. The Morgan fingerprint density at radius 2 is 1.66 bits per heavy atom. The molecule has 0 spiro atoms. The van der Waals surface area contributed by atoms with Crippen LogP contribution in [0.15, 0.2) is 20.1 Å². The van der Waals surface area contributed by atoms with E-state index in [2.05, 4.69) is 8.75 Å². The van der Waals surface area contributed by atoms with Crippen LogP contribution in [0.1, 0.15) is 60.8 Å². The molecule has 3 aliphatic rings. The summed E-state index contributed by atoms with van der Waals surface area (Å²) in [5.41, 5.74) is -0.618. The van der Waals surface area contributed by atoms with E-state index in [0.717, 1.165) is 23.6 Å². The molecule has 0 bridgehead atoms. The molecular weight excluding hydrogens is 905 g/mol. The van der Waals surface area contributed by atoms with Crippen molar-refractivity contribution in [3.63, 3.8) is 0 Å². The Morgan fingerprint density at radius 3 is 2.27 bits per heavy atom. The molecule has 3 aliphatic heterocycles. The number of nitrogens with zero attached hydrogens (tertiary/aromatic N) is 5. The zero-order valence-electron chi connectivity index (χ0n) is 34.9. The minimum atomic E-state index is -4.34. The van der Waals surface area contributed by atoms with Crippen molar-refractivity contribution in [2.75, 3.05) is 70.9 Å². The van der Waals surface area contributed by atoms with Crippen LogP contribution in [0.2, 0.25) is 0 Å². The van der Waals surface area contributed by atoms with Crippen LogP contribution in [0.5, 0.6) is 5.88 Å². The van der Waals surface area contributed by atoms with Crippen LogP contribution in [-0.4, -0.2) is 160 Å². The molecule has 0 saturated carbocycles. The highest BCUT2D eigenvalue weighted by Gasteiger charge is 2.46. The molecular formula is C35H50N6O17S4. The lowest BCUT2D eigenvalue weighted by molar-refractivity contribution is -0.166. The van der Waals surface area contributed by atoms with Gasteiger partial charge in [0.25, 0.3) is 11.8 Å². The van der Waals surface area contributed by atoms with Crippen molar-refractivity contribution in [1.29, 1.82) is 0 Å². The fraction of sp³-hybridized carbons (Fsp3) is 0.657. The number of primary sulfonamides is 1. The van der Waals surface area contributed by atoms with E-state index in [9.17, 15) is 45.6 Å². The predicted octanol–water partition coefficient (Wildman–Crippen LogP) is 0.802. The van der Waals surface area contributed by atoms with Gasteiger partial charge in [-0.2, -0.15) is 4.37 Å². The summed E-state index contributed by atoms with van der Waals surface area (Å²) >= 11 is 1.42. The minimum absolute atomic E-state index is 0.0328. The Morgan fingerprint density at radius 1 is 1.00 bits per heavy atom. The molecule has 0 radical (unpaired) electrons. The van der Waals surface area contributed by atoms with Gasteiger partial charge in [0.05, 0.1) is 55.6 Å². The smallest absolute Gasteiger partial charge is 0.413 e. The summed E-state index contributed by atoms with van der Waals surface area (Å²) in [7, 11) is -8.22. The number of hydrogen-bond acceptors (Lipinski definition) is 22. The highest BCUT2D eigenvalue weighted by molar-refractivity contribution is 8.27. The average Bonchev–Trinajstić information content (AvgIpc) is 3.76. The highest BCUT2D eigenvalue weighted by atomic mass is 32.3. The lowest BCUT2D eigenvalue weighted by Gasteiger charge is -2.37. The number of esters is 4. The second-order valence-corrected chi connectivity index (χ2v) is 20.7. The summed E-state index contributed by atoms with van der Waals surface area (Å²) in [5.74, 6) is -3.60. The molecule has 4 rings (SSSR count). The number of hydrogen-bond donors (Lipinski definition) is 1. The largest absolute Gasteiger partial charge is 0.470 e. The van der Waals surface area contributed by atoms with Gasteiger partial charge in [0.2, 0.25) is 22.6 Å². The molecule has 23 nitrogen and oxygen atoms in total. The van der Waals surface area contributed by atoms with Gasteiger partial charge in [-0.05, 0) is 52.7 Å². The van der Waals surface area contributed by atoms with Gasteiger partial charge in [0, 0.05) is 32.1 Å². The van der Waals surface area contributed by atoms with Crippen molar-refractivity contribution in [2.24, 2.45) is 5.14 Å². The molecule has 1 aromatic heterocycles. The van der Waals surface area contributed by atoms with Gasteiger partial charge < -0.3 is 43.0 Å². The summed E-state index contributed by atoms with van der Waals surface area (Å²) < 4.78 is 94.8. The standard InChI is InChI=1S/C35H50N6O17S4/c1-7-40(25-15-30(62(36,50)51)59-33-24(25)14-21(2)61(33,48)49)34(47)57-20-56-28(45)9-8-27(44)54-18-26(43)41(35(4,5)6)16-23(58-29(46)19-53-22(3)42)17-55-32-31(37-60-38-32)39-10-12-52-13-11-39/h15,21,23,25H,7-14,16-20H2,1-6H3,(H2,36,50,51)/t21-,23-,25-/m0/s1. The number of likely N-dealkylation sites (N-methyl/N-ethyl adjacent to an activating group) is 1. The minimum Gasteiger partial charge on any atom is -0.470 e. The number of carbonyl (C=O) groups excluding carboxylic acids is 6. The molecule has 2 amide bonds. The number of amides is 2. The topological polar surface area (TPSA) is 297 Å². The normalized spacial score (nSPS) is 19.0. The lowest BCUT2D eigenvalue weighted by atomic mass is 10.0. The van der Waals surface area contributed by atoms with Crippen molar-refractivity contribution >= 4 is 85.0 Å². The van der Waals surface area contributed by atoms with E-state index in [0.29, 0.717) is 49.5 Å². The number of thioether (sulfide) groups is 1. The summed E-state index contributed by atoms with van der Waals surface area (Å²) in [6.45, 7) is 8.29. The zero-order chi connectivity index (χ0) is 46.0. The molecule has 4 heterocycles. The van der Waals surface area contributed by atoms with E-state index in [1.54, 1.807) is 27.7 Å². The third kappa shape index (κ3) is 13.7. The number of anilines is 1. The SMILES string of the molecule is CCN(C(=O)OCOC(=O)CCC(=O)OCC(=O)N(C[C@@H](COc1nsnc1N1CCOCC1)OC(=O)COC(C)=O)C(C)(C)C)[C@H]1C=C(S(N)(=O)=O)SC2=C1C[C@H](C)S2(=O)=O. The number of nitrogens with two attached hydrogens (primary N) is 1. The third-order valence-electron chi connectivity index (χ3n) is 9.23. The summed E-state index contributed by atoms with van der Waals surface area (Å²) in [4.78, 5) is 79.8. The van der Waals surface area contributed by atoms with Crippen LogP contribution in [0.4, 0.5) is 10.6 Å². The molecule has 1 saturated heterocycles. The van der Waals surface area contributed by atoms with Gasteiger partial charge >= 0.3 is 30.0 Å². The maximum Gasteiger partial charge on any atom is 0.413 e. The molecule has 0 aromatic carbocycles. The fourth-order valence-electron chi connectivity index (χ4n) is 6.12. The Hall–Kier alpha value is -4.57. The van der Waals surface area contributed by atoms with Crippen LogP contribution in [-0.2, 0) is 72.3 Å². The number of aromatic nitrogens is 2. The van der Waals surface area contributed by atoms with Crippen molar-refractivity contribution in [1.82, 2.24) is 18.5 Å². The molecule has 2 N–H and O–H groups in total. The van der Waals surface area contributed by atoms with Crippen molar-refractivity contribution in [2.45, 2.75) is 83.7 Å². The van der Waals surface area contributed by atoms with E-state index in [4.69, 9.17) is 38.3 Å². The Bertz CT molecular complexity index is 2130. The molecule has 1 aromatic rings. The Kier molecular flexibility index (Phi) is 17.5. The fourth-order valence-corrected chi connectivity index (χ4v) is 11.1. The molecule has 1 fully saturated rings. The van der Waals surface area contributed by atoms with E-state index >= 15 is 0 Å². The van der Waals surface area contributed by atoms with Crippen molar-refractivity contribution < 1.29 is 78.8 Å². The van der Waals surface area contributed by atoms with E-state index in [-0.39, 0.29) is 36.2 Å². The maximum absolute atomic E-state index is 13.5. The van der Waals surface area contributed by atoms with Crippen LogP contribution < -0.4 is 14.8 Å².